The fraction of sp³-hybridized carbons (Fsp3) is 0.333. The molecule has 2 heterocycles. The maximum atomic E-state index is 11.3. The zero-order chi connectivity index (χ0) is 9.97. The second-order valence-corrected chi connectivity index (χ2v) is 3.10. The Morgan fingerprint density at radius 2 is 2.36 bits per heavy atom. The summed E-state index contributed by atoms with van der Waals surface area (Å²) in [5.41, 5.74) is 0. The molecular weight excluding hydrogens is 184 g/mol. The standard InChI is InChI=1S/C9H10N2O3/c12-8-3-4-11(9(13)10-8)6-7-2-1-5-14-7/h1-2,5H,3-4,6H2,(H,10,12,13). The van der Waals surface area contributed by atoms with Gasteiger partial charge < -0.3 is 9.32 Å². The van der Waals surface area contributed by atoms with Crippen LogP contribution < -0.4 is 5.32 Å². The zero-order valence-electron chi connectivity index (χ0n) is 7.53. The molecule has 3 amide bonds. The highest BCUT2D eigenvalue weighted by Crippen LogP contribution is 2.08. The third kappa shape index (κ3) is 1.76. The van der Waals surface area contributed by atoms with Crippen LogP contribution in [0.2, 0.25) is 0 Å². The lowest BCUT2D eigenvalue weighted by Gasteiger charge is -2.25. The van der Waals surface area contributed by atoms with E-state index in [0.717, 1.165) is 5.76 Å². The Hall–Kier alpha value is -1.78. The van der Waals surface area contributed by atoms with Gasteiger partial charge in [0.1, 0.15) is 5.76 Å². The molecule has 0 unspecified atom stereocenters. The van der Waals surface area contributed by atoms with Crippen molar-refractivity contribution >= 4 is 11.9 Å². The van der Waals surface area contributed by atoms with Gasteiger partial charge in [0.2, 0.25) is 5.91 Å². The molecule has 1 aromatic rings. The lowest BCUT2D eigenvalue weighted by atomic mass is 10.3. The summed E-state index contributed by atoms with van der Waals surface area (Å²) in [6.07, 6.45) is 1.91. The van der Waals surface area contributed by atoms with E-state index in [9.17, 15) is 9.59 Å². The van der Waals surface area contributed by atoms with Crippen LogP contribution in [-0.2, 0) is 11.3 Å². The number of hydrogen-bond donors (Lipinski definition) is 1. The average molecular weight is 194 g/mol. The molecule has 0 bridgehead atoms. The molecule has 0 aliphatic carbocycles. The lowest BCUT2D eigenvalue weighted by Crippen LogP contribution is -2.48. The van der Waals surface area contributed by atoms with E-state index in [4.69, 9.17) is 4.42 Å². The Bertz CT molecular complexity index is 345. The van der Waals surface area contributed by atoms with Crippen molar-refractivity contribution in [3.63, 3.8) is 0 Å². The Balaban J connectivity index is 1.99. The summed E-state index contributed by atoms with van der Waals surface area (Å²) in [5.74, 6) is 0.500. The fourth-order valence-electron chi connectivity index (χ4n) is 1.34. The predicted molar refractivity (Wildman–Crippen MR) is 47.3 cm³/mol. The van der Waals surface area contributed by atoms with E-state index in [1.165, 1.54) is 0 Å². The lowest BCUT2D eigenvalue weighted by molar-refractivity contribution is -0.121. The first-order valence-electron chi connectivity index (χ1n) is 4.37. The van der Waals surface area contributed by atoms with Crippen LogP contribution in [0.3, 0.4) is 0 Å². The molecule has 0 saturated carbocycles. The van der Waals surface area contributed by atoms with Crippen LogP contribution in [0.1, 0.15) is 12.2 Å². The Kier molecular flexibility index (Phi) is 2.22. The molecule has 1 saturated heterocycles. The molecule has 1 aromatic heterocycles. The third-order valence-electron chi connectivity index (χ3n) is 2.07. The molecule has 1 fully saturated rings. The molecule has 0 aromatic carbocycles. The van der Waals surface area contributed by atoms with Crippen molar-refractivity contribution < 1.29 is 14.0 Å². The van der Waals surface area contributed by atoms with Crippen LogP contribution in [-0.4, -0.2) is 23.4 Å². The quantitative estimate of drug-likeness (QED) is 0.754. The van der Waals surface area contributed by atoms with Crippen LogP contribution in [0, 0.1) is 0 Å². The van der Waals surface area contributed by atoms with E-state index >= 15 is 0 Å². The van der Waals surface area contributed by atoms with Crippen molar-refractivity contribution in [2.24, 2.45) is 0 Å². The van der Waals surface area contributed by atoms with Crippen molar-refractivity contribution in [1.82, 2.24) is 10.2 Å². The highest BCUT2D eigenvalue weighted by atomic mass is 16.3. The maximum absolute atomic E-state index is 11.3. The Morgan fingerprint density at radius 3 is 3.00 bits per heavy atom. The average Bonchev–Trinajstić information content (AvgIpc) is 2.62. The summed E-state index contributed by atoms with van der Waals surface area (Å²) < 4.78 is 5.10. The molecule has 0 radical (unpaired) electrons. The van der Waals surface area contributed by atoms with Gasteiger partial charge in [-0.2, -0.15) is 0 Å². The fourth-order valence-corrected chi connectivity index (χ4v) is 1.34. The second-order valence-electron chi connectivity index (χ2n) is 3.10. The summed E-state index contributed by atoms with van der Waals surface area (Å²) >= 11 is 0. The molecule has 1 aliphatic rings. The van der Waals surface area contributed by atoms with E-state index < -0.39 is 0 Å². The molecule has 1 aliphatic heterocycles. The molecule has 14 heavy (non-hydrogen) atoms. The minimum Gasteiger partial charge on any atom is -0.467 e. The molecule has 1 N–H and O–H groups in total. The first kappa shape index (κ1) is 8.80. The number of hydrogen-bond acceptors (Lipinski definition) is 3. The molecule has 0 atom stereocenters. The minimum atomic E-state index is -0.349. The normalized spacial score (nSPS) is 17.0. The Labute approximate surface area is 80.7 Å². The summed E-state index contributed by atoms with van der Waals surface area (Å²) in [6.45, 7) is 0.859. The van der Waals surface area contributed by atoms with Gasteiger partial charge in [-0.05, 0) is 12.1 Å². The first-order chi connectivity index (χ1) is 6.75. The molecule has 0 spiro atoms. The predicted octanol–water partition coefficient (Wildman–Crippen LogP) is 0.722. The summed E-state index contributed by atoms with van der Waals surface area (Å²) in [6, 6.07) is 3.21. The zero-order valence-corrected chi connectivity index (χ0v) is 7.53. The topological polar surface area (TPSA) is 62.6 Å². The second kappa shape index (κ2) is 3.53. The summed E-state index contributed by atoms with van der Waals surface area (Å²) in [5, 5.41) is 2.25. The smallest absolute Gasteiger partial charge is 0.324 e. The maximum Gasteiger partial charge on any atom is 0.324 e. The number of carbonyl (C=O) groups excluding carboxylic acids is 2. The van der Waals surface area contributed by atoms with E-state index in [1.807, 2.05) is 0 Å². The van der Waals surface area contributed by atoms with Crippen LogP contribution in [0.15, 0.2) is 22.8 Å². The first-order valence-corrected chi connectivity index (χ1v) is 4.37. The van der Waals surface area contributed by atoms with Gasteiger partial charge in [0.25, 0.3) is 0 Å². The van der Waals surface area contributed by atoms with Crippen molar-refractivity contribution in [2.75, 3.05) is 6.54 Å². The molecule has 5 heteroatoms. The van der Waals surface area contributed by atoms with Crippen LogP contribution in [0.25, 0.3) is 0 Å². The molecule has 74 valence electrons. The van der Waals surface area contributed by atoms with Gasteiger partial charge >= 0.3 is 6.03 Å². The van der Waals surface area contributed by atoms with Crippen molar-refractivity contribution in [2.45, 2.75) is 13.0 Å². The van der Waals surface area contributed by atoms with E-state index in [1.54, 1.807) is 23.3 Å². The van der Waals surface area contributed by atoms with Gasteiger partial charge in [-0.3, -0.25) is 10.1 Å². The van der Waals surface area contributed by atoms with Gasteiger partial charge in [-0.15, -0.1) is 0 Å². The van der Waals surface area contributed by atoms with Gasteiger partial charge in [0, 0.05) is 13.0 Å². The number of nitrogens with one attached hydrogen (secondary N) is 1. The number of carbonyl (C=O) groups is 2. The van der Waals surface area contributed by atoms with Gasteiger partial charge in [-0.25, -0.2) is 4.79 Å². The summed E-state index contributed by atoms with van der Waals surface area (Å²) in [7, 11) is 0. The Morgan fingerprint density at radius 1 is 1.50 bits per heavy atom. The SMILES string of the molecule is O=C1CCN(Cc2ccco2)C(=O)N1. The van der Waals surface area contributed by atoms with Crippen molar-refractivity contribution in [3.05, 3.63) is 24.2 Å². The van der Waals surface area contributed by atoms with Gasteiger partial charge in [0.05, 0.1) is 12.8 Å². The van der Waals surface area contributed by atoms with Gasteiger partial charge in [0.15, 0.2) is 0 Å². The molecular formula is C9H10N2O3. The number of furan rings is 1. The van der Waals surface area contributed by atoms with E-state index in [0.29, 0.717) is 19.5 Å². The molecule has 5 nitrogen and oxygen atoms in total. The highest BCUT2D eigenvalue weighted by molar-refractivity contribution is 5.96. The van der Waals surface area contributed by atoms with Crippen LogP contribution >= 0.6 is 0 Å². The number of amides is 3. The van der Waals surface area contributed by atoms with Crippen molar-refractivity contribution in [1.29, 1.82) is 0 Å². The summed E-state index contributed by atoms with van der Waals surface area (Å²) in [4.78, 5) is 23.7. The van der Waals surface area contributed by atoms with E-state index in [-0.39, 0.29) is 11.9 Å². The largest absolute Gasteiger partial charge is 0.467 e. The number of nitrogens with zero attached hydrogens (tertiary/aromatic N) is 1. The van der Waals surface area contributed by atoms with Gasteiger partial charge in [-0.1, -0.05) is 0 Å². The van der Waals surface area contributed by atoms with Crippen molar-refractivity contribution in [3.8, 4) is 0 Å². The number of rotatable bonds is 2. The van der Waals surface area contributed by atoms with Crippen LogP contribution in [0.5, 0.6) is 0 Å². The minimum absolute atomic E-state index is 0.217. The number of imide groups is 1. The number of urea groups is 1. The van der Waals surface area contributed by atoms with Crippen LogP contribution in [0.4, 0.5) is 4.79 Å². The third-order valence-corrected chi connectivity index (χ3v) is 2.07. The molecule has 2 rings (SSSR count). The highest BCUT2D eigenvalue weighted by Gasteiger charge is 2.23. The monoisotopic (exact) mass is 194 g/mol. The van der Waals surface area contributed by atoms with E-state index in [2.05, 4.69) is 5.32 Å².